The average Bonchev–Trinajstić information content (AvgIpc) is 2.90. The van der Waals surface area contributed by atoms with Crippen LogP contribution < -0.4 is 0 Å². The second-order valence-electron chi connectivity index (χ2n) is 4.02. The van der Waals surface area contributed by atoms with E-state index in [1.165, 1.54) is 0 Å². The van der Waals surface area contributed by atoms with Gasteiger partial charge in [0.2, 0.25) is 5.89 Å². The number of thioether (sulfide) groups is 1. The van der Waals surface area contributed by atoms with Gasteiger partial charge in [0.25, 0.3) is 0 Å². The molecule has 2 rings (SSSR count). The maximum Gasteiger partial charge on any atom is 0.240 e. The van der Waals surface area contributed by atoms with Gasteiger partial charge < -0.3 is 9.26 Å². The molecule has 2 unspecified atom stereocenters. The molecule has 2 atom stereocenters. The second-order valence-corrected chi connectivity index (χ2v) is 5.38. The van der Waals surface area contributed by atoms with Gasteiger partial charge in [-0.3, -0.25) is 0 Å². The third-order valence-electron chi connectivity index (χ3n) is 2.52. The lowest BCUT2D eigenvalue weighted by Crippen LogP contribution is -2.01. The van der Waals surface area contributed by atoms with Crippen LogP contribution in [0.25, 0.3) is 0 Å². The van der Waals surface area contributed by atoms with E-state index >= 15 is 0 Å². The molecule has 0 bridgehead atoms. The molecule has 2 heterocycles. The van der Waals surface area contributed by atoms with E-state index < -0.39 is 0 Å². The van der Waals surface area contributed by atoms with Gasteiger partial charge in [-0.15, -0.1) is 0 Å². The molecule has 0 aliphatic rings. The first-order chi connectivity index (χ1) is 9.20. The lowest BCUT2D eigenvalue weighted by molar-refractivity contribution is 0.0683. The molecule has 6 heteroatoms. The Bertz CT molecular complexity index is 504. The molecular weight excluding hydrogens is 262 g/mol. The molecule has 0 radical (unpaired) electrons. The average molecular weight is 279 g/mol. The van der Waals surface area contributed by atoms with E-state index in [1.807, 2.05) is 39.0 Å². The molecule has 0 saturated heterocycles. The summed E-state index contributed by atoms with van der Waals surface area (Å²) >= 11 is 1.59. The SMILES string of the molecule is CCOC(C)c1noc(C(C)Sc2ccccn2)n1. The predicted octanol–water partition coefficient (Wildman–Crippen LogP) is 3.42. The molecule has 0 fully saturated rings. The first kappa shape index (κ1) is 14.0. The Morgan fingerprint density at radius 1 is 1.37 bits per heavy atom. The molecule has 0 aliphatic carbocycles. The van der Waals surface area contributed by atoms with Crippen molar-refractivity contribution in [1.29, 1.82) is 0 Å². The molecule has 2 aromatic heterocycles. The summed E-state index contributed by atoms with van der Waals surface area (Å²) in [5.41, 5.74) is 0. The summed E-state index contributed by atoms with van der Waals surface area (Å²) in [7, 11) is 0. The summed E-state index contributed by atoms with van der Waals surface area (Å²) < 4.78 is 10.7. The Morgan fingerprint density at radius 3 is 2.89 bits per heavy atom. The van der Waals surface area contributed by atoms with Crippen LogP contribution in [0.2, 0.25) is 0 Å². The molecule has 5 nitrogen and oxygen atoms in total. The van der Waals surface area contributed by atoms with Gasteiger partial charge in [0, 0.05) is 12.8 Å². The van der Waals surface area contributed by atoms with Gasteiger partial charge in [0.05, 0.1) is 10.3 Å². The molecule has 19 heavy (non-hydrogen) atoms. The van der Waals surface area contributed by atoms with Gasteiger partial charge in [-0.1, -0.05) is 23.0 Å². The first-order valence-electron chi connectivity index (χ1n) is 6.23. The quantitative estimate of drug-likeness (QED) is 0.755. The zero-order valence-electron chi connectivity index (χ0n) is 11.2. The van der Waals surface area contributed by atoms with E-state index in [0.29, 0.717) is 18.3 Å². The van der Waals surface area contributed by atoms with Gasteiger partial charge in [0.15, 0.2) is 5.82 Å². The smallest absolute Gasteiger partial charge is 0.240 e. The minimum absolute atomic E-state index is 0.0602. The zero-order chi connectivity index (χ0) is 13.7. The fourth-order valence-electron chi connectivity index (χ4n) is 1.55. The van der Waals surface area contributed by atoms with E-state index in [0.717, 1.165) is 5.03 Å². The van der Waals surface area contributed by atoms with Crippen molar-refractivity contribution in [2.45, 2.75) is 37.2 Å². The van der Waals surface area contributed by atoms with E-state index in [2.05, 4.69) is 15.1 Å². The lowest BCUT2D eigenvalue weighted by atomic mass is 10.4. The van der Waals surface area contributed by atoms with Crippen LogP contribution in [0.5, 0.6) is 0 Å². The minimum Gasteiger partial charge on any atom is -0.371 e. The highest BCUT2D eigenvalue weighted by atomic mass is 32.2. The Hall–Kier alpha value is -1.40. The van der Waals surface area contributed by atoms with E-state index in [1.54, 1.807) is 18.0 Å². The largest absolute Gasteiger partial charge is 0.371 e. The molecule has 0 aliphatic heterocycles. The molecular formula is C13H17N3O2S. The maximum absolute atomic E-state index is 5.44. The molecule has 0 N–H and O–H groups in total. The monoisotopic (exact) mass is 279 g/mol. The number of hydrogen-bond donors (Lipinski definition) is 0. The van der Waals surface area contributed by atoms with Crippen molar-refractivity contribution >= 4 is 11.8 Å². The van der Waals surface area contributed by atoms with Gasteiger partial charge in [-0.25, -0.2) is 4.98 Å². The van der Waals surface area contributed by atoms with Gasteiger partial charge >= 0.3 is 0 Å². The molecule has 2 aromatic rings. The highest BCUT2D eigenvalue weighted by Gasteiger charge is 2.19. The summed E-state index contributed by atoms with van der Waals surface area (Å²) in [5, 5.41) is 4.95. The summed E-state index contributed by atoms with van der Waals surface area (Å²) in [6.07, 6.45) is 1.63. The van der Waals surface area contributed by atoms with Crippen LogP contribution in [0.4, 0.5) is 0 Å². The highest BCUT2D eigenvalue weighted by molar-refractivity contribution is 7.99. The summed E-state index contributed by atoms with van der Waals surface area (Å²) in [5.74, 6) is 1.18. The minimum atomic E-state index is -0.144. The van der Waals surface area contributed by atoms with Crippen molar-refractivity contribution < 1.29 is 9.26 Å². The number of aromatic nitrogens is 3. The molecule has 0 saturated carbocycles. The van der Waals surface area contributed by atoms with Crippen molar-refractivity contribution in [2.24, 2.45) is 0 Å². The van der Waals surface area contributed by atoms with Crippen LogP contribution in [-0.2, 0) is 4.74 Å². The third kappa shape index (κ3) is 3.78. The zero-order valence-corrected chi connectivity index (χ0v) is 12.1. The number of pyridine rings is 1. The number of rotatable bonds is 6. The Morgan fingerprint density at radius 2 is 2.21 bits per heavy atom. The van der Waals surface area contributed by atoms with Gasteiger partial charge in [-0.2, -0.15) is 4.98 Å². The molecule has 0 spiro atoms. The fraction of sp³-hybridized carbons (Fsp3) is 0.462. The van der Waals surface area contributed by atoms with Crippen molar-refractivity contribution in [2.75, 3.05) is 6.61 Å². The summed E-state index contributed by atoms with van der Waals surface area (Å²) in [4.78, 5) is 8.64. The van der Waals surface area contributed by atoms with Crippen LogP contribution in [0.15, 0.2) is 33.9 Å². The number of nitrogens with zero attached hydrogens (tertiary/aromatic N) is 3. The summed E-state index contributed by atoms with van der Waals surface area (Å²) in [6.45, 7) is 6.50. The molecule has 0 aromatic carbocycles. The first-order valence-corrected chi connectivity index (χ1v) is 7.11. The predicted molar refractivity (Wildman–Crippen MR) is 72.8 cm³/mol. The fourth-order valence-corrected chi connectivity index (χ4v) is 2.39. The van der Waals surface area contributed by atoms with E-state index in [4.69, 9.17) is 9.26 Å². The topological polar surface area (TPSA) is 61.0 Å². The Kier molecular flexibility index (Phi) is 4.93. The van der Waals surface area contributed by atoms with Crippen LogP contribution >= 0.6 is 11.8 Å². The number of hydrogen-bond acceptors (Lipinski definition) is 6. The second kappa shape index (κ2) is 6.68. The van der Waals surface area contributed by atoms with Gasteiger partial charge in [-0.05, 0) is 32.9 Å². The van der Waals surface area contributed by atoms with Crippen molar-refractivity contribution in [3.63, 3.8) is 0 Å². The Balaban J connectivity index is 2.02. The number of ether oxygens (including phenoxy) is 1. The van der Waals surface area contributed by atoms with Crippen LogP contribution in [-0.4, -0.2) is 21.7 Å². The van der Waals surface area contributed by atoms with Crippen molar-refractivity contribution in [3.8, 4) is 0 Å². The maximum atomic E-state index is 5.44. The van der Waals surface area contributed by atoms with E-state index in [9.17, 15) is 0 Å². The molecule has 102 valence electrons. The van der Waals surface area contributed by atoms with E-state index in [-0.39, 0.29) is 11.4 Å². The van der Waals surface area contributed by atoms with Crippen LogP contribution in [0, 0.1) is 0 Å². The van der Waals surface area contributed by atoms with Crippen molar-refractivity contribution in [1.82, 2.24) is 15.1 Å². The van der Waals surface area contributed by atoms with Gasteiger partial charge in [0.1, 0.15) is 6.10 Å². The highest BCUT2D eigenvalue weighted by Crippen LogP contribution is 2.32. The Labute approximate surface area is 116 Å². The summed E-state index contributed by atoms with van der Waals surface area (Å²) in [6, 6.07) is 5.81. The third-order valence-corrected chi connectivity index (χ3v) is 3.56. The molecule has 0 amide bonds. The standard InChI is InChI=1S/C13H17N3O2S/c1-4-17-9(2)12-15-13(18-16-12)10(3)19-11-7-5-6-8-14-11/h5-10H,4H2,1-3H3. The van der Waals surface area contributed by atoms with Crippen LogP contribution in [0.1, 0.15) is 43.8 Å². The van der Waals surface area contributed by atoms with Crippen molar-refractivity contribution in [3.05, 3.63) is 36.1 Å². The van der Waals surface area contributed by atoms with Crippen LogP contribution in [0.3, 0.4) is 0 Å². The lowest BCUT2D eigenvalue weighted by Gasteiger charge is -2.06. The normalized spacial score (nSPS) is 14.3.